The number of nitrogens with zero attached hydrogens (tertiary/aromatic N) is 2. The molecule has 1 aliphatic carbocycles. The summed E-state index contributed by atoms with van der Waals surface area (Å²) in [4.78, 5) is 3.65. The van der Waals surface area contributed by atoms with Crippen LogP contribution in [0.4, 0.5) is 21.5 Å². The quantitative estimate of drug-likeness (QED) is 0.165. The molecular formula is C59H38FN2OS+. The highest BCUT2D eigenvalue weighted by Crippen LogP contribution is 2.64. The first-order valence-electron chi connectivity index (χ1n) is 21.8. The lowest BCUT2D eigenvalue weighted by atomic mass is 9.65. The lowest BCUT2D eigenvalue weighted by Gasteiger charge is -2.40. The van der Waals surface area contributed by atoms with E-state index in [1.807, 2.05) is 12.1 Å². The topological polar surface area (TPSA) is 21.3 Å². The average Bonchev–Trinajstić information content (AvgIpc) is 4.00. The van der Waals surface area contributed by atoms with Crippen molar-refractivity contribution in [3.8, 4) is 16.8 Å². The van der Waals surface area contributed by atoms with E-state index in [9.17, 15) is 0 Å². The van der Waals surface area contributed by atoms with Gasteiger partial charge in [0.05, 0.1) is 33.5 Å². The van der Waals surface area contributed by atoms with E-state index in [2.05, 4.69) is 192 Å². The van der Waals surface area contributed by atoms with Crippen LogP contribution in [-0.4, -0.2) is 17.1 Å². The second-order valence-electron chi connectivity index (χ2n) is 17.4. The lowest BCUT2D eigenvalue weighted by molar-refractivity contribution is 0.584. The lowest BCUT2D eigenvalue weighted by Crippen LogP contribution is -2.33. The largest absolute Gasteiger partial charge is 0.451 e. The Morgan fingerprint density at radius 1 is 0.484 bits per heavy atom. The molecule has 0 fully saturated rings. The zero-order valence-electron chi connectivity index (χ0n) is 35.1. The normalized spacial score (nSPS) is 15.0. The van der Waals surface area contributed by atoms with E-state index < -0.39 is 5.41 Å². The molecule has 5 heteroatoms. The summed E-state index contributed by atoms with van der Waals surface area (Å²) >= 11 is 0. The van der Waals surface area contributed by atoms with Crippen LogP contribution in [-0.2, 0) is 16.3 Å². The standard InChI is InChI=1S/C59H38FN2OS/c1-64(2)37-31-29-36(30-32-37)61(52-27-13-21-44-43-20-12-24-49(60)57(43)63-58(44)52)53-34-48-55(41-18-6-5-16-39(41)53)54-38-15-4-3-14-35(38)28-33-46(54)59(48)45-22-8-10-26-51(45)62-50-25-9-7-17-40(50)42-19-11-23-47(59)56(42)62/h3-34H,1-2H3/q+1. The maximum atomic E-state index is 15.6. The van der Waals surface area contributed by atoms with Crippen LogP contribution in [0.2, 0.25) is 0 Å². The van der Waals surface area contributed by atoms with E-state index in [-0.39, 0.29) is 22.3 Å². The number of furan rings is 1. The Morgan fingerprint density at radius 2 is 1.12 bits per heavy atom. The second kappa shape index (κ2) is 13.0. The van der Waals surface area contributed by atoms with Crippen LogP contribution in [0.5, 0.6) is 0 Å². The molecule has 64 heavy (non-hydrogen) atoms. The molecule has 0 radical (unpaired) electrons. The molecule has 10 aromatic carbocycles. The van der Waals surface area contributed by atoms with Crippen molar-refractivity contribution in [3.63, 3.8) is 0 Å². The third kappa shape index (κ3) is 4.51. The summed E-state index contributed by atoms with van der Waals surface area (Å²) in [6.07, 6.45) is 4.51. The second-order valence-corrected chi connectivity index (χ2v) is 19.5. The van der Waals surface area contributed by atoms with Gasteiger partial charge in [-0.25, -0.2) is 4.39 Å². The minimum atomic E-state index is -0.698. The van der Waals surface area contributed by atoms with Crippen molar-refractivity contribution in [2.45, 2.75) is 10.3 Å². The smallest absolute Gasteiger partial charge is 0.171 e. The van der Waals surface area contributed by atoms with Crippen molar-refractivity contribution < 1.29 is 8.81 Å². The molecule has 1 atom stereocenters. The summed E-state index contributed by atoms with van der Waals surface area (Å²) < 4.78 is 24.8. The van der Waals surface area contributed by atoms with Crippen molar-refractivity contribution in [2.24, 2.45) is 0 Å². The van der Waals surface area contributed by atoms with E-state index in [0.29, 0.717) is 5.58 Å². The van der Waals surface area contributed by atoms with Crippen molar-refractivity contribution in [1.82, 2.24) is 4.57 Å². The van der Waals surface area contributed by atoms with Gasteiger partial charge in [0.2, 0.25) is 0 Å². The number of para-hydroxylation sites is 5. The molecule has 0 bridgehead atoms. The zero-order chi connectivity index (χ0) is 42.4. The fourth-order valence-electron chi connectivity index (χ4n) is 11.6. The molecule has 12 aromatic rings. The SMILES string of the molecule is C[S+](C)c1ccc(N(c2cc3c(c4ccccc24)-c2c(ccc4ccccc24)C32c3ccccc3-n3c4ccccc4c4cccc2c43)c2cccc3c2oc2c(F)cccc23)cc1. The van der Waals surface area contributed by atoms with Crippen LogP contribution in [0.15, 0.2) is 203 Å². The number of halogens is 1. The van der Waals surface area contributed by atoms with E-state index in [4.69, 9.17) is 4.42 Å². The summed E-state index contributed by atoms with van der Waals surface area (Å²) in [5, 5.41) is 8.86. The van der Waals surface area contributed by atoms with Gasteiger partial charge in [0.15, 0.2) is 21.9 Å². The zero-order valence-corrected chi connectivity index (χ0v) is 35.9. The van der Waals surface area contributed by atoms with E-state index >= 15 is 4.39 Å². The molecular weight excluding hydrogens is 804 g/mol. The maximum Gasteiger partial charge on any atom is 0.171 e. The molecule has 2 aliphatic rings. The highest BCUT2D eigenvalue weighted by molar-refractivity contribution is 7.95. The van der Waals surface area contributed by atoms with Crippen LogP contribution < -0.4 is 4.90 Å². The van der Waals surface area contributed by atoms with Crippen molar-refractivity contribution in [2.75, 3.05) is 17.4 Å². The van der Waals surface area contributed by atoms with Gasteiger partial charge in [0, 0.05) is 43.5 Å². The molecule has 2 aromatic heterocycles. The number of rotatable bonds is 4. The summed E-state index contributed by atoms with van der Waals surface area (Å²) in [5.74, 6) is -0.369. The number of hydrogen-bond donors (Lipinski definition) is 0. The fourth-order valence-corrected chi connectivity index (χ4v) is 12.3. The summed E-state index contributed by atoms with van der Waals surface area (Å²) in [5.41, 5.74) is 14.3. The van der Waals surface area contributed by atoms with Gasteiger partial charge in [-0.3, -0.25) is 0 Å². The van der Waals surface area contributed by atoms with Crippen LogP contribution in [0.3, 0.4) is 0 Å². The van der Waals surface area contributed by atoms with Gasteiger partial charge < -0.3 is 13.9 Å². The monoisotopic (exact) mass is 841 g/mol. The minimum Gasteiger partial charge on any atom is -0.451 e. The van der Waals surface area contributed by atoms with Crippen LogP contribution in [0.1, 0.15) is 22.3 Å². The highest BCUT2D eigenvalue weighted by Gasteiger charge is 2.52. The van der Waals surface area contributed by atoms with Crippen LogP contribution >= 0.6 is 0 Å². The Labute approximate surface area is 371 Å². The van der Waals surface area contributed by atoms with Gasteiger partial charge in [-0.05, 0) is 104 Å². The predicted octanol–water partition coefficient (Wildman–Crippen LogP) is 15.5. The average molecular weight is 842 g/mol. The number of aromatic nitrogens is 1. The minimum absolute atomic E-state index is 0.0714. The molecule has 0 amide bonds. The number of fused-ring (bicyclic) bond motifs is 19. The molecule has 1 spiro atoms. The third-order valence-corrected chi connectivity index (χ3v) is 15.4. The molecule has 0 saturated carbocycles. The van der Waals surface area contributed by atoms with Crippen LogP contribution in [0, 0.1) is 5.82 Å². The molecule has 0 N–H and O–H groups in total. The number of benzene rings is 10. The fraction of sp³-hybridized carbons (Fsp3) is 0.0508. The molecule has 3 heterocycles. The van der Waals surface area contributed by atoms with Crippen LogP contribution in [0.25, 0.3) is 82.1 Å². The van der Waals surface area contributed by atoms with Crippen molar-refractivity contribution in [3.05, 3.63) is 222 Å². The van der Waals surface area contributed by atoms with Gasteiger partial charge in [-0.15, -0.1) is 0 Å². The van der Waals surface area contributed by atoms with Crippen molar-refractivity contribution in [1.29, 1.82) is 0 Å². The van der Waals surface area contributed by atoms with E-state index in [1.54, 1.807) is 6.07 Å². The number of anilines is 3. The molecule has 1 aliphatic heterocycles. The third-order valence-electron chi connectivity index (χ3n) is 14.2. The maximum absolute atomic E-state index is 15.6. The van der Waals surface area contributed by atoms with Gasteiger partial charge in [0.1, 0.15) is 12.5 Å². The van der Waals surface area contributed by atoms with E-state index in [0.717, 1.165) is 33.2 Å². The summed E-state index contributed by atoms with van der Waals surface area (Å²) in [7, 11) is 0.0714. The Bertz CT molecular complexity index is 3970. The Balaban J connectivity index is 1.18. The summed E-state index contributed by atoms with van der Waals surface area (Å²) in [6.45, 7) is 0. The van der Waals surface area contributed by atoms with Crippen molar-refractivity contribution >= 4 is 93.2 Å². The van der Waals surface area contributed by atoms with Gasteiger partial charge >= 0.3 is 0 Å². The first-order valence-corrected chi connectivity index (χ1v) is 23.9. The first-order chi connectivity index (χ1) is 31.5. The van der Waals surface area contributed by atoms with Gasteiger partial charge in [-0.1, -0.05) is 140 Å². The Kier molecular flexibility index (Phi) is 7.29. The molecule has 0 saturated heterocycles. The first kappa shape index (κ1) is 35.9. The van der Waals surface area contributed by atoms with Gasteiger partial charge in [-0.2, -0.15) is 0 Å². The van der Waals surface area contributed by atoms with Gasteiger partial charge in [0.25, 0.3) is 0 Å². The van der Waals surface area contributed by atoms with E-state index in [1.165, 1.54) is 88.0 Å². The Hall–Kier alpha value is -7.60. The highest BCUT2D eigenvalue weighted by atomic mass is 32.2. The number of hydrogen-bond acceptors (Lipinski definition) is 2. The predicted molar refractivity (Wildman–Crippen MR) is 266 cm³/mol. The summed E-state index contributed by atoms with van der Waals surface area (Å²) in [6, 6.07) is 70.2. The molecule has 3 nitrogen and oxygen atoms in total. The molecule has 1 unspecified atom stereocenters. The Morgan fingerprint density at radius 3 is 1.97 bits per heavy atom. The molecule has 14 rings (SSSR count). The molecule has 302 valence electrons.